The number of carbonyl (C=O) groups is 1. The van der Waals surface area contributed by atoms with Crippen molar-refractivity contribution >= 4 is 33.1 Å². The Hall–Kier alpha value is 0.592. The minimum Gasteiger partial charge on any atom is -0.300 e. The molecular formula is C5H10OPb. The third kappa shape index (κ3) is 6.59. The van der Waals surface area contributed by atoms with Crippen LogP contribution < -0.4 is 0 Å². The first-order valence-electron chi connectivity index (χ1n) is 2.33. The van der Waals surface area contributed by atoms with Crippen molar-refractivity contribution in [1.82, 2.24) is 0 Å². The fraction of sp³-hybridized carbons (Fsp3) is 0.800. The Morgan fingerprint density at radius 3 is 1.57 bits per heavy atom. The Labute approximate surface area is 64.6 Å². The van der Waals surface area contributed by atoms with Crippen LogP contribution in [0.5, 0.6) is 0 Å². The fourth-order valence-electron chi connectivity index (χ4n) is 0.250. The molecule has 7 heavy (non-hydrogen) atoms. The van der Waals surface area contributed by atoms with Crippen LogP contribution in [0.3, 0.4) is 0 Å². The summed E-state index contributed by atoms with van der Waals surface area (Å²) >= 11 is 0. The van der Waals surface area contributed by atoms with Gasteiger partial charge in [0.25, 0.3) is 0 Å². The van der Waals surface area contributed by atoms with Crippen LogP contribution >= 0.6 is 0 Å². The standard InChI is InChI=1S/C5H10O.Pb/c1-3-5(6)4-2;/h3-4H2,1-2H3;. The van der Waals surface area contributed by atoms with E-state index in [1.165, 1.54) is 0 Å². The molecule has 0 atom stereocenters. The molecule has 0 bridgehead atoms. The van der Waals surface area contributed by atoms with Crippen molar-refractivity contribution in [1.29, 1.82) is 0 Å². The number of ketones is 1. The second kappa shape index (κ2) is 6.59. The van der Waals surface area contributed by atoms with Crippen LogP contribution in [0.25, 0.3) is 0 Å². The van der Waals surface area contributed by atoms with Gasteiger partial charge in [-0.05, 0) is 0 Å². The smallest absolute Gasteiger partial charge is 0.132 e. The Bertz CT molecular complexity index is 46.0. The van der Waals surface area contributed by atoms with E-state index in [2.05, 4.69) is 0 Å². The molecule has 0 heterocycles. The van der Waals surface area contributed by atoms with Crippen LogP contribution in [-0.4, -0.2) is 33.1 Å². The predicted octanol–water partition coefficient (Wildman–Crippen LogP) is 0.995. The van der Waals surface area contributed by atoms with E-state index in [1.54, 1.807) is 0 Å². The zero-order chi connectivity index (χ0) is 4.99. The van der Waals surface area contributed by atoms with E-state index in [-0.39, 0.29) is 27.3 Å². The minimum absolute atomic E-state index is 0. The molecule has 0 N–H and O–H groups in total. The zero-order valence-corrected chi connectivity index (χ0v) is 8.71. The van der Waals surface area contributed by atoms with Crippen molar-refractivity contribution in [3.8, 4) is 0 Å². The van der Waals surface area contributed by atoms with E-state index >= 15 is 0 Å². The first kappa shape index (κ1) is 10.6. The van der Waals surface area contributed by atoms with E-state index in [9.17, 15) is 4.79 Å². The summed E-state index contributed by atoms with van der Waals surface area (Å²) in [6, 6.07) is 0. The summed E-state index contributed by atoms with van der Waals surface area (Å²) in [6.45, 7) is 3.76. The number of hydrogen-bond donors (Lipinski definition) is 0. The summed E-state index contributed by atoms with van der Waals surface area (Å²) in [5.41, 5.74) is 0. The average Bonchev–Trinajstić information content (AvgIpc) is 1.65. The second-order valence-electron chi connectivity index (χ2n) is 1.25. The monoisotopic (exact) mass is 294 g/mol. The van der Waals surface area contributed by atoms with Gasteiger partial charge in [0.1, 0.15) is 5.78 Å². The predicted molar refractivity (Wildman–Crippen MR) is 31.3 cm³/mol. The molecule has 0 aliphatic carbocycles. The summed E-state index contributed by atoms with van der Waals surface area (Å²) in [7, 11) is 0. The van der Waals surface area contributed by atoms with Crippen molar-refractivity contribution in [2.24, 2.45) is 0 Å². The van der Waals surface area contributed by atoms with Gasteiger partial charge in [-0.2, -0.15) is 0 Å². The quantitative estimate of drug-likeness (QED) is 0.694. The number of carbonyl (C=O) groups excluding carboxylic acids is 1. The first-order valence-corrected chi connectivity index (χ1v) is 2.33. The SMILES string of the molecule is CCC(=O)CC.[Pb]. The van der Waals surface area contributed by atoms with Gasteiger partial charge in [0.2, 0.25) is 0 Å². The van der Waals surface area contributed by atoms with Crippen LogP contribution in [0.2, 0.25) is 0 Å². The van der Waals surface area contributed by atoms with Crippen molar-refractivity contribution in [3.63, 3.8) is 0 Å². The van der Waals surface area contributed by atoms with Gasteiger partial charge in [-0.1, -0.05) is 13.8 Å². The Morgan fingerprint density at radius 2 is 1.57 bits per heavy atom. The van der Waals surface area contributed by atoms with Crippen LogP contribution in [0.15, 0.2) is 0 Å². The van der Waals surface area contributed by atoms with Gasteiger partial charge in [0.15, 0.2) is 0 Å². The minimum atomic E-state index is 0. The summed E-state index contributed by atoms with van der Waals surface area (Å²) in [4.78, 5) is 10.2. The molecule has 2 heteroatoms. The molecule has 0 amide bonds. The molecule has 0 unspecified atom stereocenters. The third-order valence-electron chi connectivity index (χ3n) is 0.789. The number of hydrogen-bond acceptors (Lipinski definition) is 1. The zero-order valence-electron chi connectivity index (χ0n) is 4.82. The molecular weight excluding hydrogens is 283 g/mol. The molecule has 0 rings (SSSR count). The molecule has 0 aromatic carbocycles. The van der Waals surface area contributed by atoms with Crippen LogP contribution in [0, 0.1) is 0 Å². The summed E-state index contributed by atoms with van der Waals surface area (Å²) in [5, 5.41) is 0. The summed E-state index contributed by atoms with van der Waals surface area (Å²) in [6.07, 6.45) is 1.38. The van der Waals surface area contributed by atoms with Gasteiger partial charge in [-0.15, -0.1) is 0 Å². The maximum atomic E-state index is 10.2. The largest absolute Gasteiger partial charge is 0.300 e. The fourth-order valence-corrected chi connectivity index (χ4v) is 0.250. The second-order valence-corrected chi connectivity index (χ2v) is 1.25. The number of rotatable bonds is 2. The maximum absolute atomic E-state index is 10.2. The van der Waals surface area contributed by atoms with Crippen molar-refractivity contribution in [2.75, 3.05) is 0 Å². The Balaban J connectivity index is 0. The van der Waals surface area contributed by atoms with Crippen LogP contribution in [-0.2, 0) is 4.79 Å². The van der Waals surface area contributed by atoms with E-state index in [4.69, 9.17) is 0 Å². The van der Waals surface area contributed by atoms with Crippen molar-refractivity contribution in [2.45, 2.75) is 26.7 Å². The average molecular weight is 293 g/mol. The van der Waals surface area contributed by atoms with Gasteiger partial charge in [0, 0.05) is 40.1 Å². The molecule has 0 aromatic heterocycles. The molecule has 0 aromatic rings. The molecule has 4 radical (unpaired) electrons. The molecule has 0 aliphatic rings. The van der Waals surface area contributed by atoms with Gasteiger partial charge < -0.3 is 0 Å². The Morgan fingerprint density at radius 1 is 1.29 bits per heavy atom. The topological polar surface area (TPSA) is 17.1 Å². The van der Waals surface area contributed by atoms with Gasteiger partial charge in [0.05, 0.1) is 0 Å². The van der Waals surface area contributed by atoms with E-state index < -0.39 is 0 Å². The van der Waals surface area contributed by atoms with Crippen LogP contribution in [0.1, 0.15) is 26.7 Å². The van der Waals surface area contributed by atoms with E-state index in [0.29, 0.717) is 18.6 Å². The third-order valence-corrected chi connectivity index (χ3v) is 0.789. The van der Waals surface area contributed by atoms with Crippen molar-refractivity contribution in [3.05, 3.63) is 0 Å². The number of Topliss-reactive ketones (excluding diaryl/α,β-unsaturated/α-hetero) is 1. The van der Waals surface area contributed by atoms with E-state index in [0.717, 1.165) is 0 Å². The molecule has 0 spiro atoms. The van der Waals surface area contributed by atoms with E-state index in [1.807, 2.05) is 13.8 Å². The molecule has 1 nitrogen and oxygen atoms in total. The molecule has 0 fully saturated rings. The summed E-state index contributed by atoms with van der Waals surface area (Å²) < 4.78 is 0. The molecule has 0 saturated carbocycles. The maximum Gasteiger partial charge on any atom is 0.132 e. The normalized spacial score (nSPS) is 7.14. The molecule has 0 aliphatic heterocycles. The van der Waals surface area contributed by atoms with Gasteiger partial charge in [-0.25, -0.2) is 0 Å². The van der Waals surface area contributed by atoms with Gasteiger partial charge in [-0.3, -0.25) is 4.79 Å². The molecule has 40 valence electrons. The van der Waals surface area contributed by atoms with Crippen molar-refractivity contribution < 1.29 is 4.79 Å². The Kier molecular flexibility index (Phi) is 9.94. The first-order chi connectivity index (χ1) is 2.81. The van der Waals surface area contributed by atoms with Crippen LogP contribution in [0.4, 0.5) is 0 Å². The van der Waals surface area contributed by atoms with Gasteiger partial charge >= 0.3 is 0 Å². The molecule has 0 saturated heterocycles. The summed E-state index contributed by atoms with van der Waals surface area (Å²) in [5.74, 6) is 0.343.